The maximum atomic E-state index is 10.8. The van der Waals surface area contributed by atoms with Gasteiger partial charge in [0.1, 0.15) is 6.10 Å². The molecule has 1 unspecified atom stereocenters. The van der Waals surface area contributed by atoms with Crippen LogP contribution in [0.1, 0.15) is 26.7 Å². The molecule has 1 aliphatic rings. The fourth-order valence-electron chi connectivity index (χ4n) is 1.08. The van der Waals surface area contributed by atoms with Crippen molar-refractivity contribution >= 4 is 11.8 Å². The van der Waals surface area contributed by atoms with Gasteiger partial charge in [-0.15, -0.1) is 0 Å². The van der Waals surface area contributed by atoms with Crippen LogP contribution in [0, 0.1) is 0 Å². The number of rotatable bonds is 2. The predicted molar refractivity (Wildman–Crippen MR) is 48.8 cm³/mol. The number of carbonyl (C=O) groups is 2. The lowest BCUT2D eigenvalue weighted by atomic mass is 9.96. The Labute approximate surface area is 81.9 Å². The van der Waals surface area contributed by atoms with Crippen LogP contribution in [0.3, 0.4) is 0 Å². The van der Waals surface area contributed by atoms with Crippen LogP contribution < -0.4 is 0 Å². The zero-order valence-corrected chi connectivity index (χ0v) is 8.19. The number of ketones is 1. The maximum absolute atomic E-state index is 10.8. The van der Waals surface area contributed by atoms with E-state index in [4.69, 9.17) is 10.4 Å². The number of aliphatic carboxylic acids is 1. The van der Waals surface area contributed by atoms with Crippen molar-refractivity contribution in [3.8, 4) is 0 Å². The van der Waals surface area contributed by atoms with Crippen molar-refractivity contribution in [2.75, 3.05) is 0 Å². The fourth-order valence-corrected chi connectivity index (χ4v) is 1.08. The van der Waals surface area contributed by atoms with Gasteiger partial charge in [-0.1, -0.05) is 13.8 Å². The number of allylic oxidation sites excluding steroid dienone is 1. The Kier molecular flexibility index (Phi) is 5.74. The molecule has 80 valence electrons. The topological polar surface area (TPSA) is 83.8 Å². The first kappa shape index (κ1) is 12.8. The molecule has 0 aromatic rings. The fraction of sp³-hybridized carbons (Fsp3) is 0.556. The van der Waals surface area contributed by atoms with E-state index >= 15 is 0 Å². The van der Waals surface area contributed by atoms with Crippen molar-refractivity contribution in [2.45, 2.75) is 32.8 Å². The molecule has 0 saturated carbocycles. The molecule has 5 nitrogen and oxygen atoms in total. The maximum Gasteiger partial charge on any atom is 0.334 e. The summed E-state index contributed by atoms with van der Waals surface area (Å²) in [5, 5.41) is 16.8. The van der Waals surface area contributed by atoms with E-state index in [1.165, 1.54) is 0 Å². The molecule has 1 rings (SSSR count). The van der Waals surface area contributed by atoms with Crippen LogP contribution in [-0.4, -0.2) is 28.2 Å². The van der Waals surface area contributed by atoms with Crippen LogP contribution in [0.4, 0.5) is 0 Å². The largest absolute Gasteiger partial charge is 0.478 e. The summed E-state index contributed by atoms with van der Waals surface area (Å²) in [5.74, 6) is -1.48. The lowest BCUT2D eigenvalue weighted by Crippen LogP contribution is -2.25. The molecule has 14 heavy (non-hydrogen) atoms. The monoisotopic (exact) mass is 202 g/mol. The van der Waals surface area contributed by atoms with E-state index in [1.807, 2.05) is 13.8 Å². The van der Waals surface area contributed by atoms with Gasteiger partial charge in [0.15, 0.2) is 5.78 Å². The van der Waals surface area contributed by atoms with Gasteiger partial charge in [0, 0.05) is 6.42 Å². The van der Waals surface area contributed by atoms with E-state index in [9.17, 15) is 9.59 Å². The van der Waals surface area contributed by atoms with Crippen molar-refractivity contribution < 1.29 is 24.8 Å². The zero-order valence-electron chi connectivity index (χ0n) is 8.19. The standard InChI is InChI=1S/C7H8O5.C2H6/c8-4-1-2-6(12-11)5(3-4)7(9)10;1-2/h3,6,11H,1-2H2,(H,9,10);1-2H3. The number of carboxylic acids is 1. The normalized spacial score (nSPS) is 20.6. The Bertz CT molecular complexity index is 244. The van der Waals surface area contributed by atoms with Gasteiger partial charge < -0.3 is 5.11 Å². The highest BCUT2D eigenvalue weighted by molar-refractivity contribution is 6.00. The highest BCUT2D eigenvalue weighted by Crippen LogP contribution is 2.18. The minimum absolute atomic E-state index is 0.186. The summed E-state index contributed by atoms with van der Waals surface area (Å²) >= 11 is 0. The highest BCUT2D eigenvalue weighted by atomic mass is 17.1. The van der Waals surface area contributed by atoms with Crippen molar-refractivity contribution in [2.24, 2.45) is 0 Å². The quantitative estimate of drug-likeness (QED) is 0.520. The second-order valence-corrected chi connectivity index (χ2v) is 2.50. The van der Waals surface area contributed by atoms with Gasteiger partial charge in [-0.2, -0.15) is 0 Å². The smallest absolute Gasteiger partial charge is 0.334 e. The van der Waals surface area contributed by atoms with Gasteiger partial charge in [0.25, 0.3) is 0 Å². The number of carbonyl (C=O) groups excluding carboxylic acids is 1. The SMILES string of the molecule is CC.O=C1C=C(C(=O)O)C(OO)CC1. The first-order chi connectivity index (χ1) is 6.65. The van der Waals surface area contributed by atoms with Gasteiger partial charge >= 0.3 is 5.97 Å². The molecule has 1 aliphatic carbocycles. The Morgan fingerprint density at radius 1 is 1.57 bits per heavy atom. The molecule has 0 aromatic heterocycles. The highest BCUT2D eigenvalue weighted by Gasteiger charge is 2.27. The molecule has 0 bridgehead atoms. The van der Waals surface area contributed by atoms with E-state index in [0.717, 1.165) is 6.08 Å². The third-order valence-electron chi connectivity index (χ3n) is 1.69. The zero-order chi connectivity index (χ0) is 11.1. The molecule has 0 aromatic carbocycles. The minimum atomic E-state index is -1.23. The van der Waals surface area contributed by atoms with Crippen LogP contribution in [0.5, 0.6) is 0 Å². The molecule has 0 saturated heterocycles. The molecule has 0 fully saturated rings. The molecule has 0 aliphatic heterocycles. The summed E-state index contributed by atoms with van der Waals surface area (Å²) in [6.45, 7) is 4.00. The van der Waals surface area contributed by atoms with E-state index in [-0.39, 0.29) is 24.2 Å². The minimum Gasteiger partial charge on any atom is -0.478 e. The van der Waals surface area contributed by atoms with Gasteiger partial charge in [-0.3, -0.25) is 10.1 Å². The Balaban J connectivity index is 0.000000791. The van der Waals surface area contributed by atoms with Crippen molar-refractivity contribution in [1.82, 2.24) is 0 Å². The number of carboxylic acid groups (broad SMARTS) is 1. The predicted octanol–water partition coefficient (Wildman–Crippen LogP) is 1.24. The average molecular weight is 202 g/mol. The summed E-state index contributed by atoms with van der Waals surface area (Å²) in [4.78, 5) is 25.1. The molecule has 5 heteroatoms. The second kappa shape index (κ2) is 6.28. The number of hydrogen-bond acceptors (Lipinski definition) is 4. The molecule has 2 N–H and O–H groups in total. The van der Waals surface area contributed by atoms with Crippen LogP contribution >= 0.6 is 0 Å². The summed E-state index contributed by atoms with van der Waals surface area (Å²) in [5.41, 5.74) is -0.186. The van der Waals surface area contributed by atoms with E-state index < -0.39 is 12.1 Å². The van der Waals surface area contributed by atoms with Crippen molar-refractivity contribution in [3.05, 3.63) is 11.6 Å². The third kappa shape index (κ3) is 3.27. The summed E-state index contributed by atoms with van der Waals surface area (Å²) in [6, 6.07) is 0. The summed E-state index contributed by atoms with van der Waals surface area (Å²) in [6.07, 6.45) is 0.544. The van der Waals surface area contributed by atoms with E-state index in [1.54, 1.807) is 0 Å². The molecular weight excluding hydrogens is 188 g/mol. The molecule has 0 heterocycles. The Morgan fingerprint density at radius 2 is 2.14 bits per heavy atom. The first-order valence-electron chi connectivity index (χ1n) is 4.43. The Morgan fingerprint density at radius 3 is 2.57 bits per heavy atom. The molecule has 0 amide bonds. The first-order valence-corrected chi connectivity index (χ1v) is 4.43. The van der Waals surface area contributed by atoms with Gasteiger partial charge in [-0.25, -0.2) is 9.68 Å². The van der Waals surface area contributed by atoms with Crippen molar-refractivity contribution in [3.63, 3.8) is 0 Å². The molecule has 1 atom stereocenters. The van der Waals surface area contributed by atoms with Gasteiger partial charge in [0.05, 0.1) is 5.57 Å². The Hall–Kier alpha value is -1.20. The molecule has 0 spiro atoms. The van der Waals surface area contributed by atoms with Crippen LogP contribution in [0.25, 0.3) is 0 Å². The molecular formula is C9H14O5. The van der Waals surface area contributed by atoms with E-state index in [0.29, 0.717) is 0 Å². The van der Waals surface area contributed by atoms with Crippen molar-refractivity contribution in [1.29, 1.82) is 0 Å². The average Bonchev–Trinajstić information content (AvgIpc) is 2.20. The molecule has 0 radical (unpaired) electrons. The lowest BCUT2D eigenvalue weighted by Gasteiger charge is -2.16. The van der Waals surface area contributed by atoms with Crippen LogP contribution in [0.2, 0.25) is 0 Å². The third-order valence-corrected chi connectivity index (χ3v) is 1.69. The number of hydrogen-bond donors (Lipinski definition) is 2. The van der Waals surface area contributed by atoms with Gasteiger partial charge in [0.2, 0.25) is 0 Å². The lowest BCUT2D eigenvalue weighted by molar-refractivity contribution is -0.270. The summed E-state index contributed by atoms with van der Waals surface area (Å²) < 4.78 is 0. The van der Waals surface area contributed by atoms with Crippen LogP contribution in [-0.2, 0) is 14.5 Å². The summed E-state index contributed by atoms with van der Waals surface area (Å²) in [7, 11) is 0. The second-order valence-electron chi connectivity index (χ2n) is 2.50. The van der Waals surface area contributed by atoms with E-state index in [2.05, 4.69) is 4.89 Å². The van der Waals surface area contributed by atoms with Crippen LogP contribution in [0.15, 0.2) is 11.6 Å². The van der Waals surface area contributed by atoms with Gasteiger partial charge in [-0.05, 0) is 12.5 Å².